The molecule has 0 aliphatic rings. The monoisotopic (exact) mass is 317 g/mol. The zero-order valence-corrected chi connectivity index (χ0v) is 12.2. The lowest BCUT2D eigenvalue weighted by Gasteiger charge is -2.01. The molecule has 0 amide bonds. The topological polar surface area (TPSA) is 43.1 Å². The van der Waals surface area contributed by atoms with Gasteiger partial charge in [0.05, 0.1) is 10.0 Å². The highest BCUT2D eigenvalue weighted by Gasteiger charge is 2.11. The maximum absolute atomic E-state index is 12.0. The molecule has 21 heavy (non-hydrogen) atoms. The van der Waals surface area contributed by atoms with E-state index < -0.39 is 5.63 Å². The van der Waals surface area contributed by atoms with Gasteiger partial charge in [-0.2, -0.15) is 0 Å². The van der Waals surface area contributed by atoms with Crippen molar-refractivity contribution >= 4 is 46.3 Å². The summed E-state index contributed by atoms with van der Waals surface area (Å²) >= 11 is 12.0. The minimum Gasteiger partial charge on any atom is -0.404 e. The fraction of sp³-hybridized carbons (Fsp3) is 0. The second kappa shape index (κ2) is 5.72. The van der Waals surface area contributed by atoms with Gasteiger partial charge in [0.1, 0.15) is 10.9 Å². The van der Waals surface area contributed by atoms with E-state index in [4.69, 9.17) is 27.6 Å². The van der Waals surface area contributed by atoms with E-state index in [9.17, 15) is 4.79 Å². The van der Waals surface area contributed by atoms with Crippen LogP contribution in [0.5, 0.6) is 0 Å². The zero-order chi connectivity index (χ0) is 14.8. The van der Waals surface area contributed by atoms with Crippen LogP contribution in [0.15, 0.2) is 51.7 Å². The minimum atomic E-state index is -0.555. The van der Waals surface area contributed by atoms with Crippen LogP contribution < -0.4 is 5.63 Å². The average molecular weight is 318 g/mol. The Hall–Kier alpha value is -2.10. The normalized spacial score (nSPS) is 11.3. The Morgan fingerprint density at radius 3 is 2.43 bits per heavy atom. The van der Waals surface area contributed by atoms with Crippen molar-refractivity contribution in [2.24, 2.45) is 0 Å². The highest BCUT2D eigenvalue weighted by Crippen LogP contribution is 2.26. The molecule has 0 fully saturated rings. The summed E-state index contributed by atoms with van der Waals surface area (Å²) < 4.78 is 5.15. The molecule has 3 rings (SSSR count). The van der Waals surface area contributed by atoms with Gasteiger partial charge in [0.25, 0.3) is 0 Å². The van der Waals surface area contributed by atoms with Gasteiger partial charge in [-0.05, 0) is 23.8 Å². The largest absolute Gasteiger partial charge is 0.404 e. The maximum Gasteiger partial charge on any atom is 0.348 e. The summed E-state index contributed by atoms with van der Waals surface area (Å²) in [7, 11) is 0. The molecule has 0 aliphatic carbocycles. The molecule has 0 bridgehead atoms. The van der Waals surface area contributed by atoms with Gasteiger partial charge in [-0.3, -0.25) is 0 Å². The number of aromatic nitrogens is 1. The molecule has 0 radical (unpaired) electrons. The van der Waals surface area contributed by atoms with Crippen LogP contribution in [0.4, 0.5) is 0 Å². The van der Waals surface area contributed by atoms with Gasteiger partial charge in [-0.25, -0.2) is 9.78 Å². The molecular weight excluding hydrogens is 309 g/mol. The first-order valence-electron chi connectivity index (χ1n) is 6.17. The van der Waals surface area contributed by atoms with E-state index in [1.165, 1.54) is 0 Å². The van der Waals surface area contributed by atoms with E-state index in [1.54, 1.807) is 24.3 Å². The molecule has 1 aromatic heterocycles. The molecular formula is C16H9Cl2NO2. The first-order chi connectivity index (χ1) is 10.1. The number of nitrogens with zero attached hydrogens (tertiary/aromatic N) is 1. The van der Waals surface area contributed by atoms with Crippen molar-refractivity contribution in [1.29, 1.82) is 0 Å². The third kappa shape index (κ3) is 2.84. The van der Waals surface area contributed by atoms with Crippen molar-refractivity contribution in [2.75, 3.05) is 0 Å². The van der Waals surface area contributed by atoms with Crippen molar-refractivity contribution in [3.05, 3.63) is 74.4 Å². The fourth-order valence-corrected chi connectivity index (χ4v) is 2.36. The first kappa shape index (κ1) is 13.9. The summed E-state index contributed by atoms with van der Waals surface area (Å²) in [6.45, 7) is 0. The van der Waals surface area contributed by atoms with Crippen molar-refractivity contribution < 1.29 is 4.42 Å². The summed E-state index contributed by atoms with van der Waals surface area (Å²) in [6.07, 6.45) is 3.42. The molecule has 3 nitrogen and oxygen atoms in total. The highest BCUT2D eigenvalue weighted by atomic mass is 35.5. The summed E-state index contributed by atoms with van der Waals surface area (Å²) in [6, 6.07) is 12.8. The van der Waals surface area contributed by atoms with Gasteiger partial charge < -0.3 is 4.42 Å². The molecule has 1 heterocycles. The minimum absolute atomic E-state index is 0.181. The lowest BCUT2D eigenvalue weighted by atomic mass is 10.2. The smallest absolute Gasteiger partial charge is 0.348 e. The molecule has 0 aliphatic heterocycles. The predicted octanol–water partition coefficient (Wildman–Crippen LogP) is 4.67. The molecule has 104 valence electrons. The molecule has 2 aromatic carbocycles. The second-order valence-corrected chi connectivity index (χ2v) is 5.15. The number of rotatable bonds is 2. The molecule has 0 saturated carbocycles. The van der Waals surface area contributed by atoms with Crippen molar-refractivity contribution in [3.63, 3.8) is 0 Å². The quantitative estimate of drug-likeness (QED) is 0.690. The molecule has 3 aromatic rings. The van der Waals surface area contributed by atoms with Crippen LogP contribution in [0.2, 0.25) is 10.0 Å². The molecule has 0 N–H and O–H groups in total. The van der Waals surface area contributed by atoms with E-state index in [0.717, 1.165) is 5.56 Å². The Kier molecular flexibility index (Phi) is 3.78. The third-order valence-corrected chi connectivity index (χ3v) is 3.54. The number of halogens is 2. The lowest BCUT2D eigenvalue weighted by molar-refractivity contribution is 0.491. The molecule has 5 heteroatoms. The van der Waals surface area contributed by atoms with Crippen LogP contribution in [0.3, 0.4) is 0 Å². The molecule has 0 atom stereocenters. The number of benzene rings is 2. The number of hydrogen-bond acceptors (Lipinski definition) is 3. The fourth-order valence-electron chi connectivity index (χ4n) is 1.93. The summed E-state index contributed by atoms with van der Waals surface area (Å²) in [5.74, 6) is 0.181. The zero-order valence-electron chi connectivity index (χ0n) is 10.7. The molecule has 0 spiro atoms. The first-order valence-corrected chi connectivity index (χ1v) is 6.93. The van der Waals surface area contributed by atoms with Crippen LogP contribution in [0, 0.1) is 0 Å². The average Bonchev–Trinajstić information content (AvgIpc) is 2.50. The van der Waals surface area contributed by atoms with E-state index >= 15 is 0 Å². The van der Waals surface area contributed by atoms with Gasteiger partial charge in [-0.1, -0.05) is 53.5 Å². The standard InChI is InChI=1S/C16H9Cl2NO2/c17-11-7-8-12(18)15-14(11)16(20)21-13(19-15)9-6-10-4-2-1-3-5-10/h1-9H/b9-6+. The summed E-state index contributed by atoms with van der Waals surface area (Å²) in [5.41, 5.74) is 0.757. The molecule has 0 saturated heterocycles. The summed E-state index contributed by atoms with van der Waals surface area (Å²) in [4.78, 5) is 16.2. The Morgan fingerprint density at radius 2 is 1.67 bits per heavy atom. The van der Waals surface area contributed by atoms with Gasteiger partial charge in [0.15, 0.2) is 0 Å². The van der Waals surface area contributed by atoms with Gasteiger partial charge in [0, 0.05) is 6.08 Å². The van der Waals surface area contributed by atoms with Crippen LogP contribution in [-0.4, -0.2) is 4.98 Å². The van der Waals surface area contributed by atoms with Crippen LogP contribution in [0.25, 0.3) is 23.1 Å². The second-order valence-electron chi connectivity index (χ2n) is 4.34. The maximum atomic E-state index is 12.0. The van der Waals surface area contributed by atoms with Crippen LogP contribution >= 0.6 is 23.2 Å². The predicted molar refractivity (Wildman–Crippen MR) is 85.7 cm³/mol. The Bertz CT molecular complexity index is 886. The Balaban J connectivity index is 2.11. The van der Waals surface area contributed by atoms with E-state index in [0.29, 0.717) is 10.5 Å². The number of hydrogen-bond donors (Lipinski definition) is 0. The Morgan fingerprint density at radius 1 is 0.952 bits per heavy atom. The van der Waals surface area contributed by atoms with Gasteiger partial charge >= 0.3 is 5.63 Å². The van der Waals surface area contributed by atoms with Crippen molar-refractivity contribution in [3.8, 4) is 0 Å². The van der Waals surface area contributed by atoms with Gasteiger partial charge in [-0.15, -0.1) is 0 Å². The molecule has 0 unspecified atom stereocenters. The summed E-state index contributed by atoms with van der Waals surface area (Å²) in [5, 5.41) is 0.826. The van der Waals surface area contributed by atoms with Crippen LogP contribution in [0.1, 0.15) is 11.5 Å². The number of fused-ring (bicyclic) bond motifs is 1. The van der Waals surface area contributed by atoms with E-state index in [-0.39, 0.29) is 16.3 Å². The van der Waals surface area contributed by atoms with Gasteiger partial charge in [0.2, 0.25) is 5.89 Å². The van der Waals surface area contributed by atoms with Crippen molar-refractivity contribution in [2.45, 2.75) is 0 Å². The van der Waals surface area contributed by atoms with E-state index in [2.05, 4.69) is 4.98 Å². The SMILES string of the molecule is O=c1oc(/C=C/c2ccccc2)nc2c(Cl)ccc(Cl)c12. The van der Waals surface area contributed by atoms with Crippen molar-refractivity contribution in [1.82, 2.24) is 4.98 Å². The Labute approximate surface area is 130 Å². The van der Waals surface area contributed by atoms with Crippen LogP contribution in [-0.2, 0) is 0 Å². The highest BCUT2D eigenvalue weighted by molar-refractivity contribution is 6.39. The van der Waals surface area contributed by atoms with E-state index in [1.807, 2.05) is 30.3 Å². The third-order valence-electron chi connectivity index (χ3n) is 2.92. The lowest BCUT2D eigenvalue weighted by Crippen LogP contribution is -2.04.